The molecule has 0 saturated heterocycles. The predicted octanol–water partition coefficient (Wildman–Crippen LogP) is 4.90. The Morgan fingerprint density at radius 1 is 1.22 bits per heavy atom. The number of rotatable bonds is 2. The molecule has 0 aliphatic rings. The van der Waals surface area contributed by atoms with Gasteiger partial charge in [-0.05, 0) is 45.6 Å². The first-order valence-electron chi connectivity index (χ1n) is 5.05. The lowest BCUT2D eigenvalue weighted by atomic mass is 10.3. The minimum Gasteiger partial charge on any atom is -0.437 e. The highest BCUT2D eigenvalue weighted by molar-refractivity contribution is 9.10. The molecule has 0 N–H and O–H groups in total. The van der Waals surface area contributed by atoms with Crippen LogP contribution < -0.4 is 4.74 Å². The van der Waals surface area contributed by atoms with E-state index in [0.717, 1.165) is 14.7 Å². The number of aromatic nitrogens is 2. The molecule has 2 heterocycles. The average molecular weight is 342 g/mol. The normalized spacial score (nSPS) is 10.8. The van der Waals surface area contributed by atoms with E-state index in [1.165, 1.54) is 6.33 Å². The maximum Gasteiger partial charge on any atom is 0.231 e. The van der Waals surface area contributed by atoms with Gasteiger partial charge in [0.1, 0.15) is 16.9 Å². The lowest BCUT2D eigenvalue weighted by Gasteiger charge is -2.07. The van der Waals surface area contributed by atoms with E-state index in [0.29, 0.717) is 16.7 Å². The van der Waals surface area contributed by atoms with Crippen LogP contribution >= 0.6 is 38.9 Å². The topological polar surface area (TPSA) is 35.0 Å². The second-order valence-corrected chi connectivity index (χ2v) is 5.68. The van der Waals surface area contributed by atoms with Gasteiger partial charge in [-0.1, -0.05) is 11.6 Å². The maximum atomic E-state index is 5.89. The summed E-state index contributed by atoms with van der Waals surface area (Å²) >= 11 is 10.9. The van der Waals surface area contributed by atoms with Crippen molar-refractivity contribution < 1.29 is 4.74 Å². The van der Waals surface area contributed by atoms with E-state index < -0.39 is 0 Å². The molecule has 0 amide bonds. The molecular formula is C12H6BrClN2OS. The van der Waals surface area contributed by atoms with Crippen molar-refractivity contribution in [3.05, 3.63) is 45.5 Å². The summed E-state index contributed by atoms with van der Waals surface area (Å²) in [6, 6.07) is 7.29. The summed E-state index contributed by atoms with van der Waals surface area (Å²) in [6.45, 7) is 0. The Labute approximate surface area is 121 Å². The molecule has 0 unspecified atom stereocenters. The van der Waals surface area contributed by atoms with Crippen molar-refractivity contribution in [1.29, 1.82) is 0 Å². The number of thiophene rings is 1. The summed E-state index contributed by atoms with van der Waals surface area (Å²) < 4.78 is 6.57. The van der Waals surface area contributed by atoms with Crippen molar-refractivity contribution >= 4 is 49.1 Å². The van der Waals surface area contributed by atoms with Gasteiger partial charge in [0, 0.05) is 5.02 Å². The number of benzene rings is 1. The highest BCUT2D eigenvalue weighted by Gasteiger charge is 2.09. The van der Waals surface area contributed by atoms with Gasteiger partial charge in [0.2, 0.25) is 5.88 Å². The van der Waals surface area contributed by atoms with Crippen molar-refractivity contribution in [2.24, 2.45) is 0 Å². The van der Waals surface area contributed by atoms with Crippen molar-refractivity contribution in [3.8, 4) is 11.6 Å². The smallest absolute Gasteiger partial charge is 0.231 e. The van der Waals surface area contributed by atoms with Gasteiger partial charge in [0.25, 0.3) is 0 Å². The fourth-order valence-electron chi connectivity index (χ4n) is 1.51. The highest BCUT2D eigenvalue weighted by atomic mass is 79.9. The number of nitrogens with zero attached hydrogens (tertiary/aromatic N) is 2. The Bertz CT molecular complexity index is 716. The molecule has 6 heteroatoms. The van der Waals surface area contributed by atoms with Crippen molar-refractivity contribution in [2.75, 3.05) is 0 Å². The second-order valence-electron chi connectivity index (χ2n) is 3.50. The summed E-state index contributed by atoms with van der Waals surface area (Å²) in [5.74, 6) is 1.22. The molecule has 2 aromatic heterocycles. The molecule has 0 atom stereocenters. The molecule has 1 aromatic carbocycles. The Morgan fingerprint density at radius 2 is 2.11 bits per heavy atom. The van der Waals surface area contributed by atoms with Crippen LogP contribution in [0.15, 0.2) is 40.4 Å². The molecule has 90 valence electrons. The second kappa shape index (κ2) is 4.84. The van der Waals surface area contributed by atoms with Gasteiger partial charge in [-0.25, -0.2) is 9.97 Å². The van der Waals surface area contributed by atoms with Crippen molar-refractivity contribution in [2.45, 2.75) is 0 Å². The largest absolute Gasteiger partial charge is 0.437 e. The van der Waals surface area contributed by atoms with Gasteiger partial charge < -0.3 is 4.74 Å². The molecule has 3 rings (SSSR count). The van der Waals surface area contributed by atoms with Gasteiger partial charge in [0.15, 0.2) is 0 Å². The first kappa shape index (κ1) is 11.9. The Balaban J connectivity index is 2.03. The third kappa shape index (κ3) is 2.21. The molecule has 0 saturated carbocycles. The maximum absolute atomic E-state index is 5.89. The van der Waals surface area contributed by atoms with Gasteiger partial charge in [-0.3, -0.25) is 0 Å². The third-order valence-corrected chi connectivity index (χ3v) is 4.00. The average Bonchev–Trinajstić information content (AvgIpc) is 2.82. The van der Waals surface area contributed by atoms with E-state index in [-0.39, 0.29) is 0 Å². The first-order valence-corrected chi connectivity index (χ1v) is 7.10. The molecule has 3 nitrogen and oxygen atoms in total. The lowest BCUT2D eigenvalue weighted by molar-refractivity contribution is 0.465. The van der Waals surface area contributed by atoms with Crippen LogP contribution in [0.4, 0.5) is 0 Å². The van der Waals surface area contributed by atoms with Gasteiger partial charge in [-0.2, -0.15) is 0 Å². The summed E-state index contributed by atoms with van der Waals surface area (Å²) in [7, 11) is 0. The summed E-state index contributed by atoms with van der Waals surface area (Å²) in [5, 5.41) is 3.52. The Morgan fingerprint density at radius 3 is 2.94 bits per heavy atom. The zero-order chi connectivity index (χ0) is 12.5. The van der Waals surface area contributed by atoms with E-state index >= 15 is 0 Å². The van der Waals surface area contributed by atoms with E-state index in [1.54, 1.807) is 29.5 Å². The van der Waals surface area contributed by atoms with E-state index in [9.17, 15) is 0 Å². The van der Waals surface area contributed by atoms with Gasteiger partial charge >= 0.3 is 0 Å². The molecule has 3 aromatic rings. The quantitative estimate of drug-likeness (QED) is 0.665. The first-order chi connectivity index (χ1) is 8.74. The lowest BCUT2D eigenvalue weighted by Crippen LogP contribution is -1.90. The molecule has 0 spiro atoms. The third-order valence-electron chi connectivity index (χ3n) is 2.33. The standard InChI is InChI=1S/C12H6BrClN2OS/c13-9-5-7(14)1-2-10(9)17-11-8-3-4-18-12(8)16-6-15-11/h1-6H. The Kier molecular flexibility index (Phi) is 3.20. The van der Waals surface area contributed by atoms with Crippen LogP contribution in [0.5, 0.6) is 11.6 Å². The number of hydrogen-bond donors (Lipinski definition) is 0. The fourth-order valence-corrected chi connectivity index (χ4v) is 3.00. The fraction of sp³-hybridized carbons (Fsp3) is 0. The molecule has 0 aliphatic carbocycles. The summed E-state index contributed by atoms with van der Waals surface area (Å²) in [6.07, 6.45) is 1.50. The minimum atomic E-state index is 0.546. The molecule has 0 radical (unpaired) electrons. The molecule has 0 bridgehead atoms. The monoisotopic (exact) mass is 340 g/mol. The molecule has 0 aliphatic heterocycles. The van der Waals surface area contributed by atoms with Gasteiger partial charge in [0.05, 0.1) is 9.86 Å². The summed E-state index contributed by atoms with van der Waals surface area (Å²) in [4.78, 5) is 9.24. The highest BCUT2D eigenvalue weighted by Crippen LogP contribution is 2.34. The summed E-state index contributed by atoms with van der Waals surface area (Å²) in [5.41, 5.74) is 0. The number of halogens is 2. The van der Waals surface area contributed by atoms with Crippen LogP contribution in [0, 0.1) is 0 Å². The number of fused-ring (bicyclic) bond motifs is 1. The van der Waals surface area contributed by atoms with E-state index in [4.69, 9.17) is 16.3 Å². The van der Waals surface area contributed by atoms with E-state index in [2.05, 4.69) is 25.9 Å². The van der Waals surface area contributed by atoms with Crippen LogP contribution in [-0.2, 0) is 0 Å². The zero-order valence-corrected chi connectivity index (χ0v) is 12.1. The van der Waals surface area contributed by atoms with Crippen molar-refractivity contribution in [3.63, 3.8) is 0 Å². The van der Waals surface area contributed by atoms with Gasteiger partial charge in [-0.15, -0.1) is 11.3 Å². The molecule has 18 heavy (non-hydrogen) atoms. The molecular weight excluding hydrogens is 336 g/mol. The van der Waals surface area contributed by atoms with Crippen LogP contribution in [0.2, 0.25) is 5.02 Å². The minimum absolute atomic E-state index is 0.546. The zero-order valence-electron chi connectivity index (χ0n) is 8.93. The van der Waals surface area contributed by atoms with Crippen LogP contribution in [0.1, 0.15) is 0 Å². The predicted molar refractivity (Wildman–Crippen MR) is 76.6 cm³/mol. The van der Waals surface area contributed by atoms with Crippen molar-refractivity contribution in [1.82, 2.24) is 9.97 Å². The van der Waals surface area contributed by atoms with Crippen LogP contribution in [-0.4, -0.2) is 9.97 Å². The van der Waals surface area contributed by atoms with Crippen LogP contribution in [0.3, 0.4) is 0 Å². The van der Waals surface area contributed by atoms with E-state index in [1.807, 2.05) is 11.4 Å². The number of hydrogen-bond acceptors (Lipinski definition) is 4. The number of ether oxygens (including phenoxy) is 1. The molecule has 0 fully saturated rings. The Hall–Kier alpha value is -1.17. The SMILES string of the molecule is Clc1ccc(Oc2ncnc3sccc23)c(Br)c1. The van der Waals surface area contributed by atoms with Crippen LogP contribution in [0.25, 0.3) is 10.2 Å².